The van der Waals surface area contributed by atoms with Crippen LogP contribution in [0.4, 0.5) is 0 Å². The zero-order valence-corrected chi connectivity index (χ0v) is 10.4. The quantitative estimate of drug-likeness (QED) is 0.843. The second kappa shape index (κ2) is 4.56. The molecular formula is C14H22N2. The largest absolute Gasteiger partial charge is 0.313 e. The summed E-state index contributed by atoms with van der Waals surface area (Å²) in [5, 5.41) is 0. The van der Waals surface area contributed by atoms with Crippen molar-refractivity contribution in [2.75, 3.05) is 13.1 Å². The SMILES string of the molecule is Cc1ccccc1CC(C)(N)N1CCCC1. The van der Waals surface area contributed by atoms with E-state index in [2.05, 4.69) is 43.0 Å². The van der Waals surface area contributed by atoms with Crippen LogP contribution in [-0.4, -0.2) is 23.7 Å². The Morgan fingerprint density at radius 1 is 1.25 bits per heavy atom. The second-order valence-corrected chi connectivity index (χ2v) is 5.15. The Hall–Kier alpha value is -0.860. The van der Waals surface area contributed by atoms with E-state index in [1.807, 2.05) is 0 Å². The molecule has 16 heavy (non-hydrogen) atoms. The molecule has 0 saturated carbocycles. The van der Waals surface area contributed by atoms with Crippen LogP contribution in [0, 0.1) is 6.92 Å². The molecule has 0 bridgehead atoms. The molecule has 2 nitrogen and oxygen atoms in total. The summed E-state index contributed by atoms with van der Waals surface area (Å²) >= 11 is 0. The number of hydrogen-bond acceptors (Lipinski definition) is 2. The molecule has 88 valence electrons. The molecule has 2 N–H and O–H groups in total. The van der Waals surface area contributed by atoms with Crippen molar-refractivity contribution in [2.24, 2.45) is 5.73 Å². The maximum atomic E-state index is 6.45. The summed E-state index contributed by atoms with van der Waals surface area (Å²) in [6.45, 7) is 6.62. The van der Waals surface area contributed by atoms with Gasteiger partial charge in [0, 0.05) is 6.42 Å². The molecule has 1 fully saturated rings. The third-order valence-corrected chi connectivity index (χ3v) is 3.64. The van der Waals surface area contributed by atoms with Crippen LogP contribution < -0.4 is 5.73 Å². The minimum Gasteiger partial charge on any atom is -0.313 e. The Bertz CT molecular complexity index is 352. The van der Waals surface area contributed by atoms with Gasteiger partial charge in [0.25, 0.3) is 0 Å². The zero-order chi connectivity index (χ0) is 11.6. The highest BCUT2D eigenvalue weighted by Crippen LogP contribution is 2.22. The van der Waals surface area contributed by atoms with Crippen LogP contribution in [0.2, 0.25) is 0 Å². The molecular weight excluding hydrogens is 196 g/mol. The molecule has 1 aromatic rings. The van der Waals surface area contributed by atoms with Crippen molar-refractivity contribution < 1.29 is 0 Å². The zero-order valence-electron chi connectivity index (χ0n) is 10.4. The van der Waals surface area contributed by atoms with E-state index in [0.29, 0.717) is 0 Å². The maximum absolute atomic E-state index is 6.45. The lowest BCUT2D eigenvalue weighted by Crippen LogP contribution is -2.54. The van der Waals surface area contributed by atoms with Crippen LogP contribution in [0.1, 0.15) is 30.9 Å². The van der Waals surface area contributed by atoms with Crippen molar-refractivity contribution in [3.63, 3.8) is 0 Å². The first-order valence-electron chi connectivity index (χ1n) is 6.18. The number of hydrogen-bond donors (Lipinski definition) is 1. The maximum Gasteiger partial charge on any atom is 0.0699 e. The van der Waals surface area contributed by atoms with E-state index in [1.54, 1.807) is 0 Å². The van der Waals surface area contributed by atoms with E-state index < -0.39 is 0 Å². The minimum absolute atomic E-state index is 0.192. The predicted molar refractivity (Wildman–Crippen MR) is 68.3 cm³/mol. The third kappa shape index (κ3) is 2.45. The van der Waals surface area contributed by atoms with Gasteiger partial charge in [-0.15, -0.1) is 0 Å². The standard InChI is InChI=1S/C14H22N2/c1-12-7-3-4-8-13(12)11-14(2,15)16-9-5-6-10-16/h3-4,7-8H,5-6,9-11,15H2,1-2H3. The van der Waals surface area contributed by atoms with Gasteiger partial charge in [-0.2, -0.15) is 0 Å². The number of benzene rings is 1. The summed E-state index contributed by atoms with van der Waals surface area (Å²) in [6, 6.07) is 8.54. The van der Waals surface area contributed by atoms with Gasteiger partial charge in [0.2, 0.25) is 0 Å². The first-order chi connectivity index (χ1) is 7.59. The van der Waals surface area contributed by atoms with Gasteiger partial charge in [-0.25, -0.2) is 0 Å². The van der Waals surface area contributed by atoms with Crippen LogP contribution in [0.25, 0.3) is 0 Å². The number of likely N-dealkylation sites (tertiary alicyclic amines) is 1. The monoisotopic (exact) mass is 218 g/mol. The Balaban J connectivity index is 2.10. The van der Waals surface area contributed by atoms with Gasteiger partial charge in [-0.3, -0.25) is 4.90 Å². The lowest BCUT2D eigenvalue weighted by atomic mass is 9.97. The molecule has 2 rings (SSSR count). The molecule has 2 heteroatoms. The third-order valence-electron chi connectivity index (χ3n) is 3.64. The van der Waals surface area contributed by atoms with Gasteiger partial charge in [-0.05, 0) is 50.9 Å². The van der Waals surface area contributed by atoms with Crippen molar-refractivity contribution in [1.82, 2.24) is 4.90 Å². The summed E-state index contributed by atoms with van der Waals surface area (Å²) in [5.74, 6) is 0. The van der Waals surface area contributed by atoms with Gasteiger partial charge in [-0.1, -0.05) is 24.3 Å². The molecule has 0 aromatic heterocycles. The van der Waals surface area contributed by atoms with Crippen molar-refractivity contribution in [1.29, 1.82) is 0 Å². The lowest BCUT2D eigenvalue weighted by molar-refractivity contribution is 0.141. The minimum atomic E-state index is -0.192. The fourth-order valence-corrected chi connectivity index (χ4v) is 2.53. The average molecular weight is 218 g/mol. The van der Waals surface area contributed by atoms with E-state index in [1.165, 1.54) is 24.0 Å². The fourth-order valence-electron chi connectivity index (χ4n) is 2.53. The summed E-state index contributed by atoms with van der Waals surface area (Å²) in [6.07, 6.45) is 3.53. The van der Waals surface area contributed by atoms with Crippen molar-refractivity contribution >= 4 is 0 Å². The first-order valence-corrected chi connectivity index (χ1v) is 6.18. The lowest BCUT2D eigenvalue weighted by Gasteiger charge is -2.35. The summed E-state index contributed by atoms with van der Waals surface area (Å²) < 4.78 is 0. The van der Waals surface area contributed by atoms with Crippen LogP contribution in [0.5, 0.6) is 0 Å². The normalized spacial score (nSPS) is 20.9. The first kappa shape index (κ1) is 11.6. The van der Waals surface area contributed by atoms with E-state index in [4.69, 9.17) is 5.73 Å². The molecule has 0 radical (unpaired) electrons. The molecule has 0 amide bonds. The van der Waals surface area contributed by atoms with E-state index >= 15 is 0 Å². The van der Waals surface area contributed by atoms with E-state index in [-0.39, 0.29) is 5.66 Å². The summed E-state index contributed by atoms with van der Waals surface area (Å²) in [5.41, 5.74) is 8.98. The Kier molecular flexibility index (Phi) is 3.31. The van der Waals surface area contributed by atoms with Crippen LogP contribution in [0.3, 0.4) is 0 Å². The highest BCUT2D eigenvalue weighted by molar-refractivity contribution is 5.27. The highest BCUT2D eigenvalue weighted by atomic mass is 15.3. The predicted octanol–water partition coefficient (Wildman–Crippen LogP) is 2.31. The van der Waals surface area contributed by atoms with Crippen molar-refractivity contribution in [2.45, 2.75) is 38.8 Å². The number of nitrogens with zero attached hydrogens (tertiary/aromatic N) is 1. The van der Waals surface area contributed by atoms with Gasteiger partial charge < -0.3 is 5.73 Å². The molecule has 0 aliphatic carbocycles. The van der Waals surface area contributed by atoms with E-state index in [0.717, 1.165) is 19.5 Å². The van der Waals surface area contributed by atoms with Crippen molar-refractivity contribution in [3.8, 4) is 0 Å². The number of rotatable bonds is 3. The molecule has 1 atom stereocenters. The molecule has 1 heterocycles. The smallest absolute Gasteiger partial charge is 0.0699 e. The Morgan fingerprint density at radius 3 is 2.50 bits per heavy atom. The average Bonchev–Trinajstić information content (AvgIpc) is 2.75. The summed E-state index contributed by atoms with van der Waals surface area (Å²) in [7, 11) is 0. The number of nitrogens with two attached hydrogens (primary N) is 1. The molecule has 1 aromatic carbocycles. The van der Waals surface area contributed by atoms with Gasteiger partial charge in [0.1, 0.15) is 0 Å². The summed E-state index contributed by atoms with van der Waals surface area (Å²) in [4.78, 5) is 2.42. The van der Waals surface area contributed by atoms with Gasteiger partial charge >= 0.3 is 0 Å². The Labute approximate surface area is 98.4 Å². The molecule has 1 saturated heterocycles. The Morgan fingerprint density at radius 2 is 1.88 bits per heavy atom. The molecule has 0 spiro atoms. The van der Waals surface area contributed by atoms with E-state index in [9.17, 15) is 0 Å². The second-order valence-electron chi connectivity index (χ2n) is 5.15. The van der Waals surface area contributed by atoms with Gasteiger partial charge in [0.15, 0.2) is 0 Å². The van der Waals surface area contributed by atoms with Crippen molar-refractivity contribution in [3.05, 3.63) is 35.4 Å². The molecule has 1 aliphatic rings. The topological polar surface area (TPSA) is 29.3 Å². The van der Waals surface area contributed by atoms with Crippen LogP contribution >= 0.6 is 0 Å². The van der Waals surface area contributed by atoms with Crippen LogP contribution in [0.15, 0.2) is 24.3 Å². The highest BCUT2D eigenvalue weighted by Gasteiger charge is 2.29. The number of aryl methyl sites for hydroxylation is 1. The van der Waals surface area contributed by atoms with Gasteiger partial charge in [0.05, 0.1) is 5.66 Å². The molecule has 1 aliphatic heterocycles. The molecule has 1 unspecified atom stereocenters. The fraction of sp³-hybridized carbons (Fsp3) is 0.571. The van der Waals surface area contributed by atoms with Crippen LogP contribution in [-0.2, 0) is 6.42 Å².